The molecule has 0 bridgehead atoms. The molecule has 1 saturated heterocycles. The third-order valence-corrected chi connectivity index (χ3v) is 5.14. The maximum absolute atomic E-state index is 6.00. The van der Waals surface area contributed by atoms with Gasteiger partial charge < -0.3 is 5.73 Å². The second-order valence-electron chi connectivity index (χ2n) is 5.92. The highest BCUT2D eigenvalue weighted by atomic mass is 32.1. The monoisotopic (exact) mass is 252 g/mol. The summed E-state index contributed by atoms with van der Waals surface area (Å²) in [5, 5.41) is 2.18. The quantitative estimate of drug-likeness (QED) is 0.895. The van der Waals surface area contributed by atoms with E-state index in [9.17, 15) is 0 Å². The molecule has 1 atom stereocenters. The van der Waals surface area contributed by atoms with E-state index >= 15 is 0 Å². The lowest BCUT2D eigenvalue weighted by Crippen LogP contribution is -2.42. The molecule has 1 aliphatic heterocycles. The van der Waals surface area contributed by atoms with Crippen molar-refractivity contribution in [1.82, 2.24) is 4.90 Å². The van der Waals surface area contributed by atoms with Gasteiger partial charge in [0.05, 0.1) is 6.04 Å². The summed E-state index contributed by atoms with van der Waals surface area (Å²) >= 11 is 1.85. The number of hydrogen-bond acceptors (Lipinski definition) is 3. The zero-order chi connectivity index (χ0) is 12.5. The van der Waals surface area contributed by atoms with E-state index in [0.717, 1.165) is 6.54 Å². The maximum atomic E-state index is 6.00. The fourth-order valence-corrected chi connectivity index (χ4v) is 3.66. The van der Waals surface area contributed by atoms with Gasteiger partial charge in [-0.15, -0.1) is 11.3 Å². The van der Waals surface area contributed by atoms with Gasteiger partial charge in [-0.1, -0.05) is 13.8 Å². The number of nitrogens with zero attached hydrogens (tertiary/aromatic N) is 1. The van der Waals surface area contributed by atoms with E-state index in [1.54, 1.807) is 0 Å². The van der Waals surface area contributed by atoms with Crippen LogP contribution in [0.5, 0.6) is 0 Å². The molecule has 1 unspecified atom stereocenters. The van der Waals surface area contributed by atoms with Crippen LogP contribution in [0.2, 0.25) is 0 Å². The SMILES string of the molecule is Cc1ccsc1C(CN)N1CCC(C)(C)CC1. The van der Waals surface area contributed by atoms with E-state index in [4.69, 9.17) is 5.73 Å². The van der Waals surface area contributed by atoms with Crippen molar-refractivity contribution in [1.29, 1.82) is 0 Å². The van der Waals surface area contributed by atoms with Crippen LogP contribution in [0.25, 0.3) is 0 Å². The summed E-state index contributed by atoms with van der Waals surface area (Å²) < 4.78 is 0. The fourth-order valence-electron chi connectivity index (χ4n) is 2.59. The minimum atomic E-state index is 0.436. The first-order valence-corrected chi connectivity index (χ1v) is 7.39. The van der Waals surface area contributed by atoms with Crippen LogP contribution in [0, 0.1) is 12.3 Å². The second kappa shape index (κ2) is 5.09. The van der Waals surface area contributed by atoms with E-state index in [2.05, 4.69) is 37.1 Å². The van der Waals surface area contributed by atoms with E-state index in [-0.39, 0.29) is 0 Å². The topological polar surface area (TPSA) is 29.3 Å². The lowest BCUT2D eigenvalue weighted by molar-refractivity contribution is 0.0975. The van der Waals surface area contributed by atoms with Gasteiger partial charge >= 0.3 is 0 Å². The Morgan fingerprint density at radius 2 is 2.06 bits per heavy atom. The molecule has 2 heterocycles. The van der Waals surface area contributed by atoms with Crippen molar-refractivity contribution in [2.45, 2.75) is 39.7 Å². The minimum absolute atomic E-state index is 0.436. The summed E-state index contributed by atoms with van der Waals surface area (Å²) in [5.74, 6) is 0. The molecule has 96 valence electrons. The molecule has 0 aromatic carbocycles. The van der Waals surface area contributed by atoms with Gasteiger partial charge in [-0.25, -0.2) is 0 Å². The molecule has 1 fully saturated rings. The van der Waals surface area contributed by atoms with Crippen molar-refractivity contribution in [3.05, 3.63) is 21.9 Å². The van der Waals surface area contributed by atoms with Gasteiger partial charge in [0.25, 0.3) is 0 Å². The standard InChI is InChI=1S/C14H24N2S/c1-11-4-9-17-13(11)12(10-15)16-7-5-14(2,3)6-8-16/h4,9,12H,5-8,10,15H2,1-3H3. The molecule has 2 nitrogen and oxygen atoms in total. The number of nitrogens with two attached hydrogens (primary N) is 1. The minimum Gasteiger partial charge on any atom is -0.329 e. The first-order valence-electron chi connectivity index (χ1n) is 6.51. The largest absolute Gasteiger partial charge is 0.329 e. The first-order chi connectivity index (χ1) is 8.03. The Bertz CT molecular complexity index is 360. The highest BCUT2D eigenvalue weighted by Gasteiger charge is 2.30. The van der Waals surface area contributed by atoms with E-state index in [0.29, 0.717) is 11.5 Å². The second-order valence-corrected chi connectivity index (χ2v) is 6.87. The maximum Gasteiger partial charge on any atom is 0.0566 e. The van der Waals surface area contributed by atoms with Gasteiger partial charge in [0.2, 0.25) is 0 Å². The molecule has 2 N–H and O–H groups in total. The van der Waals surface area contributed by atoms with Crippen molar-refractivity contribution in [3.63, 3.8) is 0 Å². The average Bonchev–Trinajstić information content (AvgIpc) is 2.69. The predicted octanol–water partition coefficient (Wildman–Crippen LogP) is 3.18. The molecule has 0 saturated carbocycles. The summed E-state index contributed by atoms with van der Waals surface area (Å²) in [6, 6.07) is 2.64. The van der Waals surface area contributed by atoms with Gasteiger partial charge in [0.15, 0.2) is 0 Å². The highest BCUT2D eigenvalue weighted by molar-refractivity contribution is 7.10. The Morgan fingerprint density at radius 1 is 1.41 bits per heavy atom. The Balaban J connectivity index is 2.08. The molecule has 1 aromatic heterocycles. The Hall–Kier alpha value is -0.380. The summed E-state index contributed by atoms with van der Waals surface area (Å²) in [4.78, 5) is 4.04. The van der Waals surface area contributed by atoms with Gasteiger partial charge in [-0.3, -0.25) is 4.90 Å². The van der Waals surface area contributed by atoms with E-state index in [1.807, 2.05) is 11.3 Å². The number of hydrogen-bond donors (Lipinski definition) is 1. The zero-order valence-corrected chi connectivity index (χ0v) is 12.0. The Labute approximate surface area is 109 Å². The van der Waals surface area contributed by atoms with Crippen LogP contribution in [-0.2, 0) is 0 Å². The molecule has 0 aliphatic carbocycles. The third-order valence-electron chi connectivity index (χ3n) is 4.02. The van der Waals surface area contributed by atoms with Crippen LogP contribution in [0.4, 0.5) is 0 Å². The van der Waals surface area contributed by atoms with Crippen LogP contribution in [0.1, 0.15) is 43.2 Å². The van der Waals surface area contributed by atoms with Crippen molar-refractivity contribution >= 4 is 11.3 Å². The lowest BCUT2D eigenvalue weighted by Gasteiger charge is -2.40. The summed E-state index contributed by atoms with van der Waals surface area (Å²) in [7, 11) is 0. The Kier molecular flexibility index (Phi) is 3.91. The average molecular weight is 252 g/mol. The lowest BCUT2D eigenvalue weighted by atomic mass is 9.82. The number of rotatable bonds is 3. The summed E-state index contributed by atoms with van der Waals surface area (Å²) in [6.07, 6.45) is 2.57. The third kappa shape index (κ3) is 2.90. The number of aryl methyl sites for hydroxylation is 1. The summed E-state index contributed by atoms with van der Waals surface area (Å²) in [5.41, 5.74) is 7.91. The predicted molar refractivity (Wildman–Crippen MR) is 75.4 cm³/mol. The Morgan fingerprint density at radius 3 is 2.53 bits per heavy atom. The van der Waals surface area contributed by atoms with Gasteiger partial charge in [0.1, 0.15) is 0 Å². The summed E-state index contributed by atoms with van der Waals surface area (Å²) in [6.45, 7) is 10.1. The van der Waals surface area contributed by atoms with Crippen LogP contribution in [0.15, 0.2) is 11.4 Å². The van der Waals surface area contributed by atoms with Gasteiger partial charge in [-0.05, 0) is 55.3 Å². The molecule has 1 aliphatic rings. The molecule has 17 heavy (non-hydrogen) atoms. The molecule has 1 aromatic rings. The molecule has 0 radical (unpaired) electrons. The van der Waals surface area contributed by atoms with Gasteiger partial charge in [0, 0.05) is 11.4 Å². The van der Waals surface area contributed by atoms with Crippen LogP contribution in [0.3, 0.4) is 0 Å². The fraction of sp³-hybridized carbons (Fsp3) is 0.714. The normalized spacial score (nSPS) is 22.6. The first kappa shape index (κ1) is 13.1. The number of thiophene rings is 1. The molecule has 0 amide bonds. The van der Waals surface area contributed by atoms with Crippen molar-refractivity contribution in [2.24, 2.45) is 11.1 Å². The molecule has 2 rings (SSSR count). The molecule has 0 spiro atoms. The van der Waals surface area contributed by atoms with Crippen molar-refractivity contribution < 1.29 is 0 Å². The van der Waals surface area contributed by atoms with E-state index < -0.39 is 0 Å². The number of piperidine rings is 1. The van der Waals surface area contributed by atoms with Crippen LogP contribution >= 0.6 is 11.3 Å². The highest BCUT2D eigenvalue weighted by Crippen LogP contribution is 2.35. The molecular weight excluding hydrogens is 228 g/mol. The van der Waals surface area contributed by atoms with Crippen molar-refractivity contribution in [3.8, 4) is 0 Å². The molecular formula is C14H24N2S. The van der Waals surface area contributed by atoms with Crippen molar-refractivity contribution in [2.75, 3.05) is 19.6 Å². The van der Waals surface area contributed by atoms with E-state index in [1.165, 1.54) is 36.4 Å². The van der Waals surface area contributed by atoms with Gasteiger partial charge in [-0.2, -0.15) is 0 Å². The van der Waals surface area contributed by atoms with Crippen LogP contribution < -0.4 is 5.73 Å². The zero-order valence-electron chi connectivity index (χ0n) is 11.2. The smallest absolute Gasteiger partial charge is 0.0566 e. The number of likely N-dealkylation sites (tertiary alicyclic amines) is 1. The molecule has 3 heteroatoms. The van der Waals surface area contributed by atoms with Crippen LogP contribution in [-0.4, -0.2) is 24.5 Å².